The number of rotatable bonds is 5. The molecule has 1 fully saturated rings. The molecule has 0 radical (unpaired) electrons. The van der Waals surface area contributed by atoms with Crippen LogP contribution < -0.4 is 0 Å². The summed E-state index contributed by atoms with van der Waals surface area (Å²) in [5.41, 5.74) is 0.818. The molecule has 1 heterocycles. The van der Waals surface area contributed by atoms with Gasteiger partial charge in [0.05, 0.1) is 16.9 Å². The van der Waals surface area contributed by atoms with Crippen LogP contribution in [0.25, 0.3) is 0 Å². The Morgan fingerprint density at radius 2 is 1.52 bits per heavy atom. The van der Waals surface area contributed by atoms with Gasteiger partial charge >= 0.3 is 0 Å². The third kappa shape index (κ3) is 4.35. The second-order valence-corrected chi connectivity index (χ2v) is 8.33. The van der Waals surface area contributed by atoms with E-state index < -0.39 is 15.9 Å². The SMILES string of the molecule is N#CC(CC(=O)N1CCN(S(=O)(=O)c2ccccc2)CC1)c1ccccc1. The zero-order valence-corrected chi connectivity index (χ0v) is 15.7. The second kappa shape index (κ2) is 8.33. The second-order valence-electron chi connectivity index (χ2n) is 6.39. The van der Waals surface area contributed by atoms with Gasteiger partial charge in [0, 0.05) is 32.6 Å². The third-order valence-corrected chi connectivity index (χ3v) is 6.62. The summed E-state index contributed by atoms with van der Waals surface area (Å²) in [4.78, 5) is 14.5. The summed E-state index contributed by atoms with van der Waals surface area (Å²) >= 11 is 0. The van der Waals surface area contributed by atoms with Gasteiger partial charge in [-0.1, -0.05) is 48.5 Å². The molecule has 0 N–H and O–H groups in total. The lowest BCUT2D eigenvalue weighted by Crippen LogP contribution is -2.50. The Hall–Kier alpha value is -2.69. The van der Waals surface area contributed by atoms with Crippen LogP contribution >= 0.6 is 0 Å². The Balaban J connectivity index is 1.60. The molecule has 3 rings (SSSR count). The molecule has 1 amide bonds. The number of carbonyl (C=O) groups is 1. The highest BCUT2D eigenvalue weighted by molar-refractivity contribution is 7.89. The molecule has 0 aromatic heterocycles. The fourth-order valence-corrected chi connectivity index (χ4v) is 4.59. The number of benzene rings is 2. The van der Waals surface area contributed by atoms with Gasteiger partial charge in [0.1, 0.15) is 0 Å². The molecule has 1 aliphatic heterocycles. The number of amides is 1. The van der Waals surface area contributed by atoms with Gasteiger partial charge in [-0.3, -0.25) is 4.79 Å². The molecule has 140 valence electrons. The van der Waals surface area contributed by atoms with Crippen LogP contribution in [0, 0.1) is 11.3 Å². The largest absolute Gasteiger partial charge is 0.340 e. The van der Waals surface area contributed by atoms with Crippen LogP contribution in [-0.2, 0) is 14.8 Å². The Bertz CT molecular complexity index is 916. The molecular formula is C20H21N3O3S. The quantitative estimate of drug-likeness (QED) is 0.793. The van der Waals surface area contributed by atoms with Crippen molar-refractivity contribution in [2.45, 2.75) is 17.2 Å². The summed E-state index contributed by atoms with van der Waals surface area (Å²) in [7, 11) is -3.54. The van der Waals surface area contributed by atoms with E-state index in [-0.39, 0.29) is 30.3 Å². The maximum Gasteiger partial charge on any atom is 0.243 e. The summed E-state index contributed by atoms with van der Waals surface area (Å²) in [6.45, 7) is 1.17. The Morgan fingerprint density at radius 1 is 0.963 bits per heavy atom. The fraction of sp³-hybridized carbons (Fsp3) is 0.300. The van der Waals surface area contributed by atoms with Crippen LogP contribution in [0.5, 0.6) is 0 Å². The number of sulfonamides is 1. The van der Waals surface area contributed by atoms with Crippen molar-refractivity contribution >= 4 is 15.9 Å². The molecule has 7 heteroatoms. The van der Waals surface area contributed by atoms with Crippen LogP contribution in [0.15, 0.2) is 65.6 Å². The van der Waals surface area contributed by atoms with Crippen LogP contribution in [0.4, 0.5) is 0 Å². The number of hydrogen-bond acceptors (Lipinski definition) is 4. The van der Waals surface area contributed by atoms with Crippen molar-refractivity contribution < 1.29 is 13.2 Å². The van der Waals surface area contributed by atoms with Gasteiger partial charge in [-0.15, -0.1) is 0 Å². The van der Waals surface area contributed by atoms with E-state index in [2.05, 4.69) is 6.07 Å². The normalized spacial score (nSPS) is 16.5. The molecule has 0 aliphatic carbocycles. The predicted octanol–water partition coefficient (Wildman–Crippen LogP) is 2.22. The van der Waals surface area contributed by atoms with E-state index in [1.165, 1.54) is 4.31 Å². The maximum absolute atomic E-state index is 12.7. The van der Waals surface area contributed by atoms with Gasteiger partial charge in [-0.05, 0) is 17.7 Å². The van der Waals surface area contributed by atoms with Crippen molar-refractivity contribution in [2.75, 3.05) is 26.2 Å². The van der Waals surface area contributed by atoms with E-state index in [9.17, 15) is 18.5 Å². The number of nitriles is 1. The predicted molar refractivity (Wildman–Crippen MR) is 101 cm³/mol. The molecule has 0 spiro atoms. The summed E-state index contributed by atoms with van der Waals surface area (Å²) in [5, 5.41) is 9.39. The highest BCUT2D eigenvalue weighted by Crippen LogP contribution is 2.21. The van der Waals surface area contributed by atoms with E-state index >= 15 is 0 Å². The lowest BCUT2D eigenvalue weighted by molar-refractivity contribution is -0.132. The average Bonchev–Trinajstić information content (AvgIpc) is 2.73. The Kier molecular flexibility index (Phi) is 5.89. The lowest BCUT2D eigenvalue weighted by atomic mass is 9.96. The minimum atomic E-state index is -3.54. The van der Waals surface area contributed by atoms with E-state index in [1.54, 1.807) is 35.2 Å². The van der Waals surface area contributed by atoms with Crippen molar-refractivity contribution in [3.05, 3.63) is 66.2 Å². The number of nitrogens with zero attached hydrogens (tertiary/aromatic N) is 3. The molecule has 0 saturated carbocycles. The number of carbonyl (C=O) groups excluding carboxylic acids is 1. The van der Waals surface area contributed by atoms with E-state index in [0.29, 0.717) is 13.1 Å². The van der Waals surface area contributed by atoms with Crippen LogP contribution in [-0.4, -0.2) is 49.7 Å². The summed E-state index contributed by atoms with van der Waals surface area (Å²) < 4.78 is 26.7. The van der Waals surface area contributed by atoms with Crippen LogP contribution in [0.3, 0.4) is 0 Å². The molecule has 1 saturated heterocycles. The van der Waals surface area contributed by atoms with Crippen LogP contribution in [0.1, 0.15) is 17.9 Å². The molecular weight excluding hydrogens is 362 g/mol. The van der Waals surface area contributed by atoms with Gasteiger partial charge in [0.15, 0.2) is 0 Å². The van der Waals surface area contributed by atoms with E-state index in [0.717, 1.165) is 5.56 Å². The van der Waals surface area contributed by atoms with Gasteiger partial charge < -0.3 is 4.90 Å². The van der Waals surface area contributed by atoms with Crippen molar-refractivity contribution in [1.82, 2.24) is 9.21 Å². The molecule has 6 nitrogen and oxygen atoms in total. The van der Waals surface area contributed by atoms with Gasteiger partial charge in [0.2, 0.25) is 15.9 Å². The highest BCUT2D eigenvalue weighted by Gasteiger charge is 2.30. The van der Waals surface area contributed by atoms with Crippen molar-refractivity contribution in [2.24, 2.45) is 0 Å². The first kappa shape index (κ1) is 19.1. The Labute approximate surface area is 159 Å². The third-order valence-electron chi connectivity index (χ3n) is 4.71. The monoisotopic (exact) mass is 383 g/mol. The van der Waals surface area contributed by atoms with Crippen molar-refractivity contribution in [1.29, 1.82) is 5.26 Å². The summed E-state index contributed by atoms with van der Waals surface area (Å²) in [5.74, 6) is -0.619. The first-order valence-electron chi connectivity index (χ1n) is 8.80. The lowest BCUT2D eigenvalue weighted by Gasteiger charge is -2.34. The number of hydrogen-bond donors (Lipinski definition) is 0. The molecule has 27 heavy (non-hydrogen) atoms. The minimum Gasteiger partial charge on any atom is -0.340 e. The molecule has 2 aromatic carbocycles. The number of piperazine rings is 1. The maximum atomic E-state index is 12.7. The molecule has 1 atom stereocenters. The van der Waals surface area contributed by atoms with E-state index in [4.69, 9.17) is 0 Å². The molecule has 0 bridgehead atoms. The Morgan fingerprint density at radius 3 is 2.07 bits per heavy atom. The average molecular weight is 383 g/mol. The van der Waals surface area contributed by atoms with Crippen LogP contribution in [0.2, 0.25) is 0 Å². The van der Waals surface area contributed by atoms with Crippen molar-refractivity contribution in [3.63, 3.8) is 0 Å². The molecule has 1 aliphatic rings. The standard InChI is InChI=1S/C20H21N3O3S/c21-16-18(17-7-3-1-4-8-17)15-20(24)22-11-13-23(14-12-22)27(25,26)19-9-5-2-6-10-19/h1-10,18H,11-15H2. The molecule has 1 unspecified atom stereocenters. The van der Waals surface area contributed by atoms with Gasteiger partial charge in [-0.2, -0.15) is 9.57 Å². The first-order valence-corrected chi connectivity index (χ1v) is 10.2. The fourth-order valence-electron chi connectivity index (χ4n) is 3.15. The van der Waals surface area contributed by atoms with Gasteiger partial charge in [-0.25, -0.2) is 8.42 Å². The topological polar surface area (TPSA) is 81.5 Å². The van der Waals surface area contributed by atoms with Crippen molar-refractivity contribution in [3.8, 4) is 6.07 Å². The van der Waals surface area contributed by atoms with Gasteiger partial charge in [0.25, 0.3) is 0 Å². The highest BCUT2D eigenvalue weighted by atomic mass is 32.2. The molecule has 2 aromatic rings. The summed E-state index contributed by atoms with van der Waals surface area (Å²) in [6, 6.07) is 19.7. The minimum absolute atomic E-state index is 0.103. The van der Waals surface area contributed by atoms with E-state index in [1.807, 2.05) is 30.3 Å². The first-order chi connectivity index (χ1) is 13.0. The smallest absolute Gasteiger partial charge is 0.243 e. The zero-order chi connectivity index (χ0) is 19.3. The zero-order valence-electron chi connectivity index (χ0n) is 14.9. The summed E-state index contributed by atoms with van der Waals surface area (Å²) in [6.07, 6.45) is 0.103.